The van der Waals surface area contributed by atoms with Crippen LogP contribution in [0.1, 0.15) is 79.2 Å². The summed E-state index contributed by atoms with van der Waals surface area (Å²) < 4.78 is 24.4. The van der Waals surface area contributed by atoms with E-state index in [9.17, 15) is 34.1 Å². The highest BCUT2D eigenvalue weighted by Gasteiger charge is 2.68. The second kappa shape index (κ2) is 21.0. The molecule has 1 aromatic heterocycles. The molecule has 4 bridgehead atoms. The predicted octanol–water partition coefficient (Wildman–Crippen LogP) is 8.44. The van der Waals surface area contributed by atoms with E-state index >= 15 is 0 Å². The maximum atomic E-state index is 14.8. The quantitative estimate of drug-likeness (QED) is 0.0559. The molecule has 4 amide bonds. The molecule has 4 aliphatic heterocycles. The fraction of sp³-hybridized carbons (Fsp3) is 0.469. The van der Waals surface area contributed by atoms with Crippen molar-refractivity contribution in [3.63, 3.8) is 0 Å². The number of nitro groups is 1. The number of pyridine rings is 1. The largest absolute Gasteiger partial charge is 0.496 e. The number of methoxy groups -OCH3 is 1. The highest BCUT2D eigenvalue weighted by Crippen LogP contribution is 2.53. The molecule has 7 rings (SSSR count). The van der Waals surface area contributed by atoms with Crippen molar-refractivity contribution in [3.05, 3.63) is 94.2 Å². The lowest BCUT2D eigenvalue weighted by atomic mass is 9.84. The van der Waals surface area contributed by atoms with Crippen molar-refractivity contribution in [2.75, 3.05) is 31.4 Å². The van der Waals surface area contributed by atoms with Crippen molar-refractivity contribution >= 4 is 68.4 Å². The molecule has 5 heterocycles. The molecule has 1 unspecified atom stereocenters. The number of nitrogens with one attached hydrogen (secondary N) is 1. The van der Waals surface area contributed by atoms with Crippen LogP contribution < -0.4 is 15.0 Å². The summed E-state index contributed by atoms with van der Waals surface area (Å²) in [4.78, 5) is 90.1. The average molecular weight is 987 g/mol. The fourth-order valence-electron chi connectivity index (χ4n) is 8.61. The van der Waals surface area contributed by atoms with Crippen LogP contribution in [0.4, 0.5) is 21.9 Å². The lowest BCUT2D eigenvalue weighted by Gasteiger charge is -2.31. The van der Waals surface area contributed by atoms with Crippen molar-refractivity contribution in [1.82, 2.24) is 14.9 Å². The van der Waals surface area contributed by atoms with Crippen LogP contribution in [0.15, 0.2) is 83.6 Å². The van der Waals surface area contributed by atoms with Gasteiger partial charge in [-0.25, -0.2) is 19.4 Å². The number of esters is 1. The number of fused-ring (bicyclic) bond motifs is 4. The summed E-state index contributed by atoms with van der Waals surface area (Å²) in [7, 11) is 7.63. The van der Waals surface area contributed by atoms with Gasteiger partial charge in [0.25, 0.3) is 5.69 Å². The Bertz CT molecular complexity index is 2540. The number of anilines is 2. The van der Waals surface area contributed by atoms with Gasteiger partial charge < -0.3 is 34.1 Å². The first-order chi connectivity index (χ1) is 32.7. The van der Waals surface area contributed by atoms with Gasteiger partial charge in [-0.05, 0) is 85.9 Å². The minimum Gasteiger partial charge on any atom is -0.496 e. The number of likely N-dealkylation sites (N-methyl/N-ethyl adjacent to an activating group) is 1. The van der Waals surface area contributed by atoms with Crippen LogP contribution in [-0.2, 0) is 44.6 Å². The van der Waals surface area contributed by atoms with Crippen LogP contribution in [0.5, 0.6) is 5.75 Å². The average Bonchev–Trinajstić information content (AvgIpc) is 4.24. The number of rotatable bonds is 13. The van der Waals surface area contributed by atoms with Crippen molar-refractivity contribution < 1.29 is 52.7 Å². The molecule has 20 heteroatoms. The Morgan fingerprint density at radius 3 is 2.54 bits per heavy atom. The Morgan fingerprint density at radius 1 is 1.13 bits per heavy atom. The smallest absolute Gasteiger partial charge is 0.437 e. The van der Waals surface area contributed by atoms with Crippen LogP contribution in [0.3, 0.4) is 0 Å². The van der Waals surface area contributed by atoms with E-state index in [4.69, 9.17) is 23.8 Å². The van der Waals surface area contributed by atoms with Gasteiger partial charge in [0.2, 0.25) is 23.4 Å². The standard InChI is InChI=1S/C49H58N6O12S2/c1-28-12-10-11-21-49-26-39(64-47(60)54(49)67-49)30(3)45-48(6,66-45)40(65-46(59)31(4)52(7)32(5)56)25-43(58)53(8)37-23-33(22-28)24-38(63-9)44(37)34-14-16-35(17-15-34)51-41(57)19-13-29(2)68-69-42-20-18-36(27-50-42)55(61)62/h10-12,14-18,20,23-24,27,29-31,39-40,45H,13,19,21-22,25-26H2,1-9H3,(H,51,57)/b11-10+,28-12+/t29?,30-,31+,39+,40+,45+,48+,49-,54?/m1/s1. The number of hydrogen-bond acceptors (Lipinski definition) is 15. The number of nitrogens with zero attached hydrogens (tertiary/aromatic N) is 5. The normalized spacial score (nSPS) is 26.4. The molecule has 1 N–H and O–H groups in total. The molecule has 8 atom stereocenters. The van der Waals surface area contributed by atoms with E-state index in [-0.39, 0.29) is 41.5 Å². The number of allylic oxidation sites excluding steroid dienone is 3. The summed E-state index contributed by atoms with van der Waals surface area (Å²) in [5.74, 6) is -1.51. The first kappa shape index (κ1) is 50.9. The fourth-order valence-corrected chi connectivity index (χ4v) is 10.7. The maximum absolute atomic E-state index is 14.8. The monoisotopic (exact) mass is 986 g/mol. The number of hydrogen-bond donors (Lipinski definition) is 1. The Labute approximate surface area is 408 Å². The summed E-state index contributed by atoms with van der Waals surface area (Å²) in [5.41, 5.74) is 2.16. The SMILES string of the molecule is COc1cc2cc(c1-c1ccc(NC(=O)CCC(C)SSc3ccc([N+](=O)[O-])cn3)cc1)N(C)C(=O)C[C@H](OC(=O)[C@H](C)N(C)C(C)=O)[C@]1(C)O[C@H]1[C@H](C)[C@@H]1C[C@@]3(C/C=C/C=C(\C)C2)ON3C(=O)O1. The van der Waals surface area contributed by atoms with Crippen molar-refractivity contribution in [1.29, 1.82) is 0 Å². The Kier molecular flexibility index (Phi) is 15.5. The van der Waals surface area contributed by atoms with Gasteiger partial charge in [0.1, 0.15) is 40.8 Å². The first-order valence-corrected chi connectivity index (χ1v) is 24.9. The van der Waals surface area contributed by atoms with E-state index in [1.165, 1.54) is 62.7 Å². The number of ether oxygens (including phenoxy) is 4. The van der Waals surface area contributed by atoms with Crippen LogP contribution in [0.25, 0.3) is 11.1 Å². The Balaban J connectivity index is 1.14. The zero-order valence-corrected chi connectivity index (χ0v) is 41.7. The third-order valence-corrected chi connectivity index (χ3v) is 16.0. The molecule has 3 fully saturated rings. The third-order valence-electron chi connectivity index (χ3n) is 13.2. The number of benzene rings is 2. The van der Waals surface area contributed by atoms with E-state index < -0.39 is 58.6 Å². The van der Waals surface area contributed by atoms with Crippen LogP contribution in [0, 0.1) is 16.0 Å². The van der Waals surface area contributed by atoms with Gasteiger partial charge in [0.05, 0.1) is 30.2 Å². The minimum atomic E-state index is -1.17. The second-order valence-electron chi connectivity index (χ2n) is 18.2. The summed E-state index contributed by atoms with van der Waals surface area (Å²) in [6.07, 6.45) is 6.07. The van der Waals surface area contributed by atoms with Gasteiger partial charge >= 0.3 is 12.1 Å². The molecule has 3 aromatic rings. The molecule has 368 valence electrons. The molecule has 3 saturated heterocycles. The summed E-state index contributed by atoms with van der Waals surface area (Å²) in [6.45, 7) is 10.6. The van der Waals surface area contributed by atoms with Crippen LogP contribution >= 0.6 is 21.6 Å². The lowest BCUT2D eigenvalue weighted by Crippen LogP contribution is -2.47. The van der Waals surface area contributed by atoms with Gasteiger partial charge in [0.15, 0.2) is 0 Å². The second-order valence-corrected chi connectivity index (χ2v) is 20.9. The number of carbonyl (C=O) groups is 5. The van der Waals surface area contributed by atoms with Gasteiger partial charge in [-0.1, -0.05) is 60.6 Å². The lowest BCUT2D eigenvalue weighted by molar-refractivity contribution is -0.385. The minimum absolute atomic E-state index is 0.0772. The van der Waals surface area contributed by atoms with E-state index in [2.05, 4.69) is 10.3 Å². The molecule has 0 saturated carbocycles. The summed E-state index contributed by atoms with van der Waals surface area (Å²) in [6, 6.07) is 13.2. The zero-order valence-electron chi connectivity index (χ0n) is 40.1. The van der Waals surface area contributed by atoms with Crippen LogP contribution in [-0.4, -0.2) is 112 Å². The summed E-state index contributed by atoms with van der Waals surface area (Å²) >= 11 is 0. The number of epoxide rings is 1. The number of hydroxylamine groups is 2. The number of aromatic nitrogens is 1. The topological polar surface area (TPSA) is 216 Å². The highest BCUT2D eigenvalue weighted by molar-refractivity contribution is 8.76. The van der Waals surface area contributed by atoms with Crippen molar-refractivity contribution in [3.8, 4) is 16.9 Å². The van der Waals surface area contributed by atoms with Crippen molar-refractivity contribution in [2.24, 2.45) is 5.92 Å². The Morgan fingerprint density at radius 2 is 1.87 bits per heavy atom. The first-order valence-electron chi connectivity index (χ1n) is 22.7. The number of carbonyl (C=O) groups excluding carboxylic acids is 5. The molecular formula is C49H58N6O12S2. The molecule has 18 nitrogen and oxygen atoms in total. The molecular weight excluding hydrogens is 929 g/mol. The molecule has 0 aliphatic carbocycles. The molecule has 0 radical (unpaired) electrons. The molecule has 2 aromatic carbocycles. The van der Waals surface area contributed by atoms with Gasteiger partial charge in [0, 0.05) is 68.8 Å². The molecule has 4 aliphatic rings. The third kappa shape index (κ3) is 11.6. The predicted molar refractivity (Wildman–Crippen MR) is 260 cm³/mol. The van der Waals surface area contributed by atoms with E-state index in [1.54, 1.807) is 46.2 Å². The van der Waals surface area contributed by atoms with Gasteiger partial charge in [-0.15, -0.1) is 5.06 Å². The van der Waals surface area contributed by atoms with Crippen molar-refractivity contribution in [2.45, 2.75) is 126 Å². The summed E-state index contributed by atoms with van der Waals surface area (Å²) in [5, 5.41) is 15.9. The highest BCUT2D eigenvalue weighted by atomic mass is 33.1. The van der Waals surface area contributed by atoms with E-state index in [1.807, 2.05) is 63.3 Å². The maximum Gasteiger partial charge on any atom is 0.437 e. The zero-order chi connectivity index (χ0) is 49.9. The van der Waals surface area contributed by atoms with E-state index in [0.29, 0.717) is 59.0 Å². The van der Waals surface area contributed by atoms with Gasteiger partial charge in [-0.3, -0.25) is 24.5 Å². The Hall–Kier alpha value is -5.96. The number of amides is 4. The van der Waals surface area contributed by atoms with Gasteiger partial charge in [-0.2, -0.15) is 0 Å². The molecule has 69 heavy (non-hydrogen) atoms. The van der Waals surface area contributed by atoms with Crippen LogP contribution in [0.2, 0.25) is 0 Å². The van der Waals surface area contributed by atoms with E-state index in [0.717, 1.165) is 11.1 Å². The molecule has 1 spiro atoms.